The number of benzene rings is 1. The van der Waals surface area contributed by atoms with Gasteiger partial charge in [-0.25, -0.2) is 0 Å². The summed E-state index contributed by atoms with van der Waals surface area (Å²) in [5, 5.41) is 11.4. The third-order valence-corrected chi connectivity index (χ3v) is 2.67. The first-order valence-electron chi connectivity index (χ1n) is 5.51. The van der Waals surface area contributed by atoms with E-state index in [1.807, 2.05) is 42.3 Å². The van der Waals surface area contributed by atoms with Crippen molar-refractivity contribution in [1.82, 2.24) is 10.2 Å². The zero-order valence-electron chi connectivity index (χ0n) is 10.2. The van der Waals surface area contributed by atoms with Crippen LogP contribution in [0.25, 0.3) is 0 Å². The molecule has 0 saturated heterocycles. The van der Waals surface area contributed by atoms with Crippen molar-refractivity contribution in [3.8, 4) is 6.07 Å². The highest BCUT2D eigenvalue weighted by atomic mass is 16.1. The van der Waals surface area contributed by atoms with E-state index in [-0.39, 0.29) is 18.5 Å². The van der Waals surface area contributed by atoms with Crippen LogP contribution in [0.2, 0.25) is 0 Å². The normalized spacial score (nSPS) is 11.9. The van der Waals surface area contributed by atoms with E-state index in [0.717, 1.165) is 5.56 Å². The Kier molecular flexibility index (Phi) is 5.18. The maximum atomic E-state index is 11.3. The van der Waals surface area contributed by atoms with E-state index in [1.165, 1.54) is 0 Å². The van der Waals surface area contributed by atoms with Crippen LogP contribution in [-0.4, -0.2) is 31.4 Å². The van der Waals surface area contributed by atoms with E-state index in [4.69, 9.17) is 5.26 Å². The molecule has 0 fully saturated rings. The average Bonchev–Trinajstić information content (AvgIpc) is 2.36. The maximum absolute atomic E-state index is 11.3. The van der Waals surface area contributed by atoms with Crippen LogP contribution in [0.3, 0.4) is 0 Å². The standard InChI is InChI=1S/C13H17N3O/c1-15-13(17)10-16(2)12(8-9-14)11-6-4-3-5-7-11/h3-7,12H,8,10H2,1-2H3,(H,15,17). The lowest BCUT2D eigenvalue weighted by molar-refractivity contribution is -0.121. The van der Waals surface area contributed by atoms with Gasteiger partial charge in [-0.05, 0) is 12.6 Å². The predicted octanol–water partition coefficient (Wildman–Crippen LogP) is 1.32. The number of hydrogen-bond donors (Lipinski definition) is 1. The highest BCUT2D eigenvalue weighted by Gasteiger charge is 2.18. The fraction of sp³-hybridized carbons (Fsp3) is 0.385. The third-order valence-electron chi connectivity index (χ3n) is 2.67. The Morgan fingerprint density at radius 1 is 1.47 bits per heavy atom. The molecule has 0 aliphatic heterocycles. The molecule has 0 saturated carbocycles. The largest absolute Gasteiger partial charge is 0.358 e. The Bertz CT molecular complexity index is 397. The van der Waals surface area contributed by atoms with Crippen LogP contribution < -0.4 is 5.32 Å². The van der Waals surface area contributed by atoms with Gasteiger partial charge in [0.05, 0.1) is 19.0 Å². The molecule has 0 radical (unpaired) electrons. The van der Waals surface area contributed by atoms with Crippen LogP contribution in [-0.2, 0) is 4.79 Å². The highest BCUT2D eigenvalue weighted by molar-refractivity contribution is 5.77. The van der Waals surface area contributed by atoms with Crippen molar-refractivity contribution in [2.24, 2.45) is 0 Å². The Hall–Kier alpha value is -1.86. The molecule has 1 amide bonds. The van der Waals surface area contributed by atoms with Gasteiger partial charge in [0, 0.05) is 13.1 Å². The molecule has 1 N–H and O–H groups in total. The molecular formula is C13H17N3O. The zero-order valence-corrected chi connectivity index (χ0v) is 10.2. The van der Waals surface area contributed by atoms with Crippen LogP contribution >= 0.6 is 0 Å². The monoisotopic (exact) mass is 231 g/mol. The van der Waals surface area contributed by atoms with Gasteiger partial charge in [0.15, 0.2) is 0 Å². The molecule has 4 heteroatoms. The average molecular weight is 231 g/mol. The number of rotatable bonds is 5. The summed E-state index contributed by atoms with van der Waals surface area (Å²) >= 11 is 0. The summed E-state index contributed by atoms with van der Waals surface area (Å²) in [4.78, 5) is 13.2. The molecule has 4 nitrogen and oxygen atoms in total. The van der Waals surface area contributed by atoms with Gasteiger partial charge in [-0.15, -0.1) is 0 Å². The number of amides is 1. The van der Waals surface area contributed by atoms with Gasteiger partial charge in [-0.1, -0.05) is 30.3 Å². The van der Waals surface area contributed by atoms with Crippen molar-refractivity contribution in [1.29, 1.82) is 5.26 Å². The summed E-state index contributed by atoms with van der Waals surface area (Å²) in [5.74, 6) is -0.0497. The van der Waals surface area contributed by atoms with E-state index in [0.29, 0.717) is 6.42 Å². The van der Waals surface area contributed by atoms with Gasteiger partial charge in [0.1, 0.15) is 0 Å². The summed E-state index contributed by atoms with van der Waals surface area (Å²) in [7, 11) is 3.46. The zero-order chi connectivity index (χ0) is 12.7. The van der Waals surface area contributed by atoms with E-state index >= 15 is 0 Å². The predicted molar refractivity (Wildman–Crippen MR) is 66.1 cm³/mol. The number of nitriles is 1. The van der Waals surface area contributed by atoms with Crippen molar-refractivity contribution in [2.45, 2.75) is 12.5 Å². The summed E-state index contributed by atoms with van der Waals surface area (Å²) < 4.78 is 0. The summed E-state index contributed by atoms with van der Waals surface area (Å²) in [5.41, 5.74) is 1.06. The number of carbonyl (C=O) groups is 1. The first kappa shape index (κ1) is 13.2. The molecule has 1 atom stereocenters. The lowest BCUT2D eigenvalue weighted by Crippen LogP contribution is -2.35. The van der Waals surface area contributed by atoms with E-state index < -0.39 is 0 Å². The molecule has 17 heavy (non-hydrogen) atoms. The fourth-order valence-corrected chi connectivity index (χ4v) is 1.71. The van der Waals surface area contributed by atoms with Crippen molar-refractivity contribution in [3.63, 3.8) is 0 Å². The number of hydrogen-bond acceptors (Lipinski definition) is 3. The van der Waals surface area contributed by atoms with Crippen molar-refractivity contribution in [3.05, 3.63) is 35.9 Å². The van der Waals surface area contributed by atoms with E-state index in [2.05, 4.69) is 11.4 Å². The maximum Gasteiger partial charge on any atom is 0.233 e. The number of carbonyl (C=O) groups excluding carboxylic acids is 1. The molecule has 90 valence electrons. The van der Waals surface area contributed by atoms with Crippen LogP contribution in [0.5, 0.6) is 0 Å². The van der Waals surface area contributed by atoms with Gasteiger partial charge in [-0.2, -0.15) is 5.26 Å². The topological polar surface area (TPSA) is 56.1 Å². The van der Waals surface area contributed by atoms with Gasteiger partial charge < -0.3 is 5.32 Å². The van der Waals surface area contributed by atoms with Crippen LogP contribution in [0.1, 0.15) is 18.0 Å². The fourth-order valence-electron chi connectivity index (χ4n) is 1.71. The minimum absolute atomic E-state index is 0.0431. The molecule has 0 aliphatic rings. The van der Waals surface area contributed by atoms with Crippen molar-refractivity contribution in [2.75, 3.05) is 20.6 Å². The molecule has 1 aromatic carbocycles. The first-order chi connectivity index (χ1) is 8.19. The number of nitrogens with one attached hydrogen (secondary N) is 1. The Morgan fingerprint density at radius 2 is 2.12 bits per heavy atom. The van der Waals surface area contributed by atoms with Crippen molar-refractivity contribution < 1.29 is 4.79 Å². The Labute approximate surface area is 102 Å². The highest BCUT2D eigenvalue weighted by Crippen LogP contribution is 2.21. The van der Waals surface area contributed by atoms with E-state index in [1.54, 1.807) is 7.05 Å². The summed E-state index contributed by atoms with van der Waals surface area (Å²) in [6.45, 7) is 0.289. The third kappa shape index (κ3) is 3.89. The van der Waals surface area contributed by atoms with Gasteiger partial charge in [-0.3, -0.25) is 9.69 Å². The second kappa shape index (κ2) is 6.66. The van der Waals surface area contributed by atoms with Crippen LogP contribution in [0.15, 0.2) is 30.3 Å². The molecule has 1 rings (SSSR count). The minimum Gasteiger partial charge on any atom is -0.358 e. The van der Waals surface area contributed by atoms with Gasteiger partial charge in [0.25, 0.3) is 0 Å². The molecule has 0 aliphatic carbocycles. The molecule has 0 spiro atoms. The lowest BCUT2D eigenvalue weighted by atomic mass is 10.0. The van der Waals surface area contributed by atoms with Gasteiger partial charge >= 0.3 is 0 Å². The van der Waals surface area contributed by atoms with Crippen LogP contribution in [0.4, 0.5) is 0 Å². The molecule has 1 aromatic rings. The SMILES string of the molecule is CNC(=O)CN(C)C(CC#N)c1ccccc1. The second-order valence-corrected chi connectivity index (χ2v) is 3.88. The molecule has 0 bridgehead atoms. The minimum atomic E-state index is -0.0497. The lowest BCUT2D eigenvalue weighted by Gasteiger charge is -2.25. The summed E-state index contributed by atoms with van der Waals surface area (Å²) in [6, 6.07) is 11.9. The van der Waals surface area contributed by atoms with E-state index in [9.17, 15) is 4.79 Å². The molecule has 1 unspecified atom stereocenters. The first-order valence-corrected chi connectivity index (χ1v) is 5.51. The quantitative estimate of drug-likeness (QED) is 0.831. The van der Waals surface area contributed by atoms with Gasteiger partial charge in [0.2, 0.25) is 5.91 Å². The Balaban J connectivity index is 2.79. The molecule has 0 heterocycles. The van der Waals surface area contributed by atoms with Crippen LogP contribution in [0, 0.1) is 11.3 Å². The van der Waals surface area contributed by atoms with Crippen molar-refractivity contribution >= 4 is 5.91 Å². The molecular weight excluding hydrogens is 214 g/mol. The molecule has 0 aromatic heterocycles. The number of likely N-dealkylation sites (N-methyl/N-ethyl adjacent to an activating group) is 2. The number of nitrogens with zero attached hydrogens (tertiary/aromatic N) is 2. The Morgan fingerprint density at radius 3 is 2.65 bits per heavy atom. The second-order valence-electron chi connectivity index (χ2n) is 3.88. The smallest absolute Gasteiger partial charge is 0.233 e. The summed E-state index contributed by atoms with van der Waals surface area (Å²) in [6.07, 6.45) is 0.373.